The zero-order valence-corrected chi connectivity index (χ0v) is 10.7. The van der Waals surface area contributed by atoms with Crippen LogP contribution in [0.2, 0.25) is 5.15 Å². The fourth-order valence-electron chi connectivity index (χ4n) is 2.45. The predicted molar refractivity (Wildman–Crippen MR) is 65.4 cm³/mol. The van der Waals surface area contributed by atoms with Gasteiger partial charge in [-0.05, 0) is 12.8 Å². The van der Waals surface area contributed by atoms with Crippen LogP contribution in [0.3, 0.4) is 0 Å². The van der Waals surface area contributed by atoms with E-state index in [9.17, 15) is 4.79 Å². The van der Waals surface area contributed by atoms with Crippen LogP contribution in [-0.4, -0.2) is 20.6 Å². The van der Waals surface area contributed by atoms with E-state index in [4.69, 9.17) is 16.7 Å². The summed E-state index contributed by atoms with van der Waals surface area (Å²) in [6.45, 7) is 0. The molecule has 1 N–H and O–H groups in total. The number of aryl methyl sites for hydroxylation is 1. The number of aromatic nitrogens is 2. The second-order valence-electron chi connectivity index (χ2n) is 4.64. The van der Waals surface area contributed by atoms with Gasteiger partial charge in [-0.15, -0.1) is 0 Å². The molecule has 1 aromatic heterocycles. The Hall–Kier alpha value is -1.03. The van der Waals surface area contributed by atoms with Crippen LogP contribution in [0.1, 0.15) is 49.5 Å². The van der Waals surface area contributed by atoms with Gasteiger partial charge in [0.2, 0.25) is 0 Å². The van der Waals surface area contributed by atoms with E-state index in [-0.39, 0.29) is 6.42 Å². The van der Waals surface area contributed by atoms with Gasteiger partial charge in [0.15, 0.2) is 0 Å². The summed E-state index contributed by atoms with van der Waals surface area (Å²) in [5.41, 5.74) is 0.965. The molecule has 0 radical (unpaired) electrons. The summed E-state index contributed by atoms with van der Waals surface area (Å²) in [7, 11) is 1.85. The molecule has 17 heavy (non-hydrogen) atoms. The Labute approximate surface area is 106 Å². The minimum Gasteiger partial charge on any atom is -0.481 e. The number of halogens is 1. The SMILES string of the molecule is Cn1c(CCC(=O)O)nc(C2CCCC2)c1Cl. The third-order valence-electron chi connectivity index (χ3n) is 3.45. The number of carboxylic acid groups (broad SMARTS) is 1. The molecule has 0 amide bonds. The first-order valence-corrected chi connectivity index (χ1v) is 6.40. The molecular weight excluding hydrogens is 240 g/mol. The molecule has 1 saturated carbocycles. The molecule has 1 fully saturated rings. The highest BCUT2D eigenvalue weighted by molar-refractivity contribution is 6.30. The summed E-state index contributed by atoms with van der Waals surface area (Å²) in [5.74, 6) is 0.443. The summed E-state index contributed by atoms with van der Waals surface area (Å²) in [5, 5.41) is 9.36. The molecule has 0 aromatic carbocycles. The van der Waals surface area contributed by atoms with Crippen molar-refractivity contribution >= 4 is 17.6 Å². The molecule has 0 saturated heterocycles. The number of carbonyl (C=O) groups is 1. The third kappa shape index (κ3) is 2.63. The van der Waals surface area contributed by atoms with Crippen molar-refractivity contribution in [3.8, 4) is 0 Å². The first-order valence-electron chi connectivity index (χ1n) is 6.02. The van der Waals surface area contributed by atoms with Gasteiger partial charge in [0.25, 0.3) is 0 Å². The molecule has 5 heteroatoms. The molecule has 0 unspecified atom stereocenters. The van der Waals surface area contributed by atoms with E-state index in [1.165, 1.54) is 12.8 Å². The molecule has 0 bridgehead atoms. The number of hydrogen-bond donors (Lipinski definition) is 1. The molecule has 1 aliphatic carbocycles. The third-order valence-corrected chi connectivity index (χ3v) is 3.89. The average Bonchev–Trinajstić information content (AvgIpc) is 2.88. The molecule has 1 aliphatic rings. The maximum Gasteiger partial charge on any atom is 0.303 e. The largest absolute Gasteiger partial charge is 0.481 e. The fourth-order valence-corrected chi connectivity index (χ4v) is 2.74. The molecular formula is C12H17ClN2O2. The molecule has 0 atom stereocenters. The Bertz CT molecular complexity index is 422. The summed E-state index contributed by atoms with van der Waals surface area (Å²) in [4.78, 5) is 15.1. The first-order chi connectivity index (χ1) is 8.09. The Morgan fingerprint density at radius 3 is 2.76 bits per heavy atom. The Balaban J connectivity index is 2.17. The van der Waals surface area contributed by atoms with Crippen LogP contribution < -0.4 is 0 Å². The van der Waals surface area contributed by atoms with Gasteiger partial charge in [0.05, 0.1) is 12.1 Å². The topological polar surface area (TPSA) is 55.1 Å². The van der Waals surface area contributed by atoms with E-state index in [0.29, 0.717) is 17.5 Å². The van der Waals surface area contributed by atoms with E-state index < -0.39 is 5.97 Å². The molecule has 4 nitrogen and oxygen atoms in total. The van der Waals surface area contributed by atoms with E-state index in [0.717, 1.165) is 24.4 Å². The summed E-state index contributed by atoms with van der Waals surface area (Å²) in [6.07, 6.45) is 5.32. The van der Waals surface area contributed by atoms with Gasteiger partial charge in [0.1, 0.15) is 11.0 Å². The fraction of sp³-hybridized carbons (Fsp3) is 0.667. The van der Waals surface area contributed by atoms with Crippen molar-refractivity contribution in [1.29, 1.82) is 0 Å². The van der Waals surface area contributed by atoms with Crippen molar-refractivity contribution in [2.45, 2.75) is 44.4 Å². The van der Waals surface area contributed by atoms with Crippen molar-refractivity contribution in [2.75, 3.05) is 0 Å². The van der Waals surface area contributed by atoms with Crippen LogP contribution in [0.4, 0.5) is 0 Å². The lowest BCUT2D eigenvalue weighted by Gasteiger charge is -2.05. The van der Waals surface area contributed by atoms with Crippen molar-refractivity contribution in [1.82, 2.24) is 9.55 Å². The molecule has 0 aliphatic heterocycles. The lowest BCUT2D eigenvalue weighted by Crippen LogP contribution is -2.03. The summed E-state index contributed by atoms with van der Waals surface area (Å²) < 4.78 is 1.82. The number of carboxylic acids is 1. The second kappa shape index (κ2) is 5.08. The lowest BCUT2D eigenvalue weighted by atomic mass is 10.1. The van der Waals surface area contributed by atoms with Crippen LogP contribution in [-0.2, 0) is 18.3 Å². The van der Waals surface area contributed by atoms with Crippen LogP contribution in [0.5, 0.6) is 0 Å². The zero-order chi connectivity index (χ0) is 12.4. The quantitative estimate of drug-likeness (QED) is 0.901. The van der Waals surface area contributed by atoms with Gasteiger partial charge in [-0.2, -0.15) is 0 Å². The number of nitrogens with zero attached hydrogens (tertiary/aromatic N) is 2. The summed E-state index contributed by atoms with van der Waals surface area (Å²) in [6, 6.07) is 0. The van der Waals surface area contributed by atoms with Crippen molar-refractivity contribution in [2.24, 2.45) is 7.05 Å². The zero-order valence-electron chi connectivity index (χ0n) is 9.95. The molecule has 94 valence electrons. The maximum atomic E-state index is 10.6. The minimum absolute atomic E-state index is 0.102. The normalized spacial score (nSPS) is 16.6. The molecule has 2 rings (SSSR count). The number of hydrogen-bond acceptors (Lipinski definition) is 2. The van der Waals surface area contributed by atoms with Gasteiger partial charge in [-0.25, -0.2) is 4.98 Å². The molecule has 1 heterocycles. The van der Waals surface area contributed by atoms with E-state index in [2.05, 4.69) is 4.98 Å². The highest BCUT2D eigenvalue weighted by Crippen LogP contribution is 2.37. The number of imidazole rings is 1. The van der Waals surface area contributed by atoms with E-state index in [1.54, 1.807) is 0 Å². The van der Waals surface area contributed by atoms with Crippen LogP contribution >= 0.6 is 11.6 Å². The van der Waals surface area contributed by atoms with E-state index >= 15 is 0 Å². The van der Waals surface area contributed by atoms with Crippen LogP contribution in [0.15, 0.2) is 0 Å². The van der Waals surface area contributed by atoms with Crippen molar-refractivity contribution in [3.63, 3.8) is 0 Å². The molecule has 0 spiro atoms. The van der Waals surface area contributed by atoms with Crippen molar-refractivity contribution < 1.29 is 9.90 Å². The lowest BCUT2D eigenvalue weighted by molar-refractivity contribution is -0.137. The minimum atomic E-state index is -0.800. The van der Waals surface area contributed by atoms with Gasteiger partial charge in [-0.3, -0.25) is 4.79 Å². The highest BCUT2D eigenvalue weighted by atomic mass is 35.5. The van der Waals surface area contributed by atoms with Crippen LogP contribution in [0, 0.1) is 0 Å². The highest BCUT2D eigenvalue weighted by Gasteiger charge is 2.24. The monoisotopic (exact) mass is 256 g/mol. The van der Waals surface area contributed by atoms with Crippen molar-refractivity contribution in [3.05, 3.63) is 16.7 Å². The molecule has 1 aromatic rings. The smallest absolute Gasteiger partial charge is 0.303 e. The van der Waals surface area contributed by atoms with Gasteiger partial charge < -0.3 is 9.67 Å². The van der Waals surface area contributed by atoms with Gasteiger partial charge >= 0.3 is 5.97 Å². The maximum absolute atomic E-state index is 10.6. The van der Waals surface area contributed by atoms with Gasteiger partial charge in [0, 0.05) is 19.4 Å². The Morgan fingerprint density at radius 2 is 2.18 bits per heavy atom. The standard InChI is InChI=1S/C12H17ClN2O2/c1-15-9(6-7-10(16)17)14-11(12(15)13)8-4-2-3-5-8/h8H,2-7H2,1H3,(H,16,17). The van der Waals surface area contributed by atoms with Crippen LogP contribution in [0.25, 0.3) is 0 Å². The first kappa shape index (κ1) is 12.4. The van der Waals surface area contributed by atoms with Gasteiger partial charge in [-0.1, -0.05) is 24.4 Å². The Kier molecular flexibility index (Phi) is 3.72. The predicted octanol–water partition coefficient (Wildman–Crippen LogP) is 2.75. The van der Waals surface area contributed by atoms with E-state index in [1.807, 2.05) is 11.6 Å². The number of rotatable bonds is 4. The Morgan fingerprint density at radius 1 is 1.53 bits per heavy atom. The summed E-state index contributed by atoms with van der Waals surface area (Å²) >= 11 is 6.26. The second-order valence-corrected chi connectivity index (χ2v) is 5.00. The number of aliphatic carboxylic acids is 1. The average molecular weight is 257 g/mol.